The van der Waals surface area contributed by atoms with E-state index in [2.05, 4.69) is 10.2 Å². The van der Waals surface area contributed by atoms with Gasteiger partial charge in [-0.3, -0.25) is 4.90 Å². The van der Waals surface area contributed by atoms with Crippen LogP contribution in [0.25, 0.3) is 0 Å². The van der Waals surface area contributed by atoms with Crippen molar-refractivity contribution in [3.63, 3.8) is 0 Å². The number of likely N-dealkylation sites (tertiary alicyclic amines) is 1. The molecular weight excluding hydrogens is 397 g/mol. The summed E-state index contributed by atoms with van der Waals surface area (Å²) < 4.78 is 45.8. The van der Waals surface area contributed by atoms with Crippen LogP contribution in [0.15, 0.2) is 18.2 Å². The van der Waals surface area contributed by atoms with Crippen molar-refractivity contribution >= 4 is 11.7 Å². The van der Waals surface area contributed by atoms with E-state index in [1.807, 2.05) is 4.90 Å². The number of methoxy groups -OCH3 is 1. The summed E-state index contributed by atoms with van der Waals surface area (Å²) in [6.45, 7) is 4.88. The maximum Gasteiger partial charge on any atom is 0.317 e. The number of urea groups is 1. The summed E-state index contributed by atoms with van der Waals surface area (Å²) in [7, 11) is 1.47. The summed E-state index contributed by atoms with van der Waals surface area (Å²) in [5, 5.41) is 2.82. The molecule has 2 amide bonds. The molecule has 0 atom stereocenters. The number of alkyl halides is 2. The molecule has 0 aromatic heterocycles. The zero-order valence-corrected chi connectivity index (χ0v) is 17.5. The van der Waals surface area contributed by atoms with Crippen LogP contribution in [-0.4, -0.2) is 81.2 Å². The molecule has 9 heteroatoms. The number of benzene rings is 1. The summed E-state index contributed by atoms with van der Waals surface area (Å²) in [4.78, 5) is 17.9. The smallest absolute Gasteiger partial charge is 0.317 e. The third kappa shape index (κ3) is 5.93. The van der Waals surface area contributed by atoms with Crippen LogP contribution in [0.2, 0.25) is 0 Å². The molecule has 6 nitrogen and oxygen atoms in total. The summed E-state index contributed by atoms with van der Waals surface area (Å²) in [5.74, 6) is -2.70. The van der Waals surface area contributed by atoms with Crippen LogP contribution in [-0.2, 0) is 0 Å². The van der Waals surface area contributed by atoms with Gasteiger partial charge in [-0.25, -0.2) is 18.0 Å². The minimum absolute atomic E-state index is 0.108. The topological polar surface area (TPSA) is 48.1 Å². The fourth-order valence-corrected chi connectivity index (χ4v) is 3.92. The van der Waals surface area contributed by atoms with Crippen molar-refractivity contribution in [1.82, 2.24) is 15.1 Å². The van der Waals surface area contributed by atoms with Crippen molar-refractivity contribution < 1.29 is 22.7 Å². The molecule has 1 aromatic carbocycles. The van der Waals surface area contributed by atoms with Gasteiger partial charge < -0.3 is 19.9 Å². The number of carbonyl (C=O) groups is 1. The number of nitrogens with zero attached hydrogens (tertiary/aromatic N) is 3. The second-order valence-corrected chi connectivity index (χ2v) is 7.90. The maximum absolute atomic E-state index is 14.4. The quantitative estimate of drug-likeness (QED) is 0.678. The molecule has 2 fully saturated rings. The van der Waals surface area contributed by atoms with E-state index in [0.29, 0.717) is 12.2 Å². The van der Waals surface area contributed by atoms with Crippen LogP contribution in [0.5, 0.6) is 5.75 Å². The Balaban J connectivity index is 1.30. The van der Waals surface area contributed by atoms with E-state index < -0.39 is 5.92 Å². The first-order valence-electron chi connectivity index (χ1n) is 10.6. The van der Waals surface area contributed by atoms with Crippen molar-refractivity contribution in [3.8, 4) is 5.75 Å². The number of amides is 2. The minimum Gasteiger partial charge on any atom is -0.494 e. The van der Waals surface area contributed by atoms with Crippen molar-refractivity contribution in [2.24, 2.45) is 0 Å². The third-order valence-corrected chi connectivity index (χ3v) is 5.84. The second-order valence-electron chi connectivity index (χ2n) is 7.90. The zero-order chi connectivity index (χ0) is 21.6. The van der Waals surface area contributed by atoms with Crippen LogP contribution in [0.1, 0.15) is 25.7 Å². The molecule has 0 radical (unpaired) electrons. The van der Waals surface area contributed by atoms with Gasteiger partial charge in [-0.05, 0) is 31.5 Å². The molecule has 0 spiro atoms. The normalized spacial score (nSPS) is 19.6. The summed E-state index contributed by atoms with van der Waals surface area (Å²) >= 11 is 0. The largest absolute Gasteiger partial charge is 0.494 e. The molecule has 0 unspecified atom stereocenters. The molecular formula is C21H31F3N4O2. The van der Waals surface area contributed by atoms with Gasteiger partial charge >= 0.3 is 6.03 Å². The Morgan fingerprint density at radius 2 is 1.80 bits per heavy atom. The lowest BCUT2D eigenvalue weighted by molar-refractivity contribution is -0.0469. The van der Waals surface area contributed by atoms with E-state index >= 15 is 0 Å². The van der Waals surface area contributed by atoms with E-state index in [4.69, 9.17) is 4.74 Å². The first kappa shape index (κ1) is 22.5. The Morgan fingerprint density at radius 1 is 1.10 bits per heavy atom. The fraction of sp³-hybridized carbons (Fsp3) is 0.667. The van der Waals surface area contributed by atoms with Crippen molar-refractivity contribution in [3.05, 3.63) is 24.0 Å². The van der Waals surface area contributed by atoms with Crippen LogP contribution >= 0.6 is 0 Å². The van der Waals surface area contributed by atoms with Crippen molar-refractivity contribution in [2.75, 3.05) is 64.4 Å². The standard InChI is InChI=1S/C21H31F3N4O2/c1-30-18-6-4-5-17(19(18)22)27-15-13-26(14-16-27)10-3-2-9-25-20(29)28-11-7-21(23,24)8-12-28/h4-6H,2-3,7-16H2,1H3,(H,25,29). The van der Waals surface area contributed by atoms with Gasteiger partial charge in [0.1, 0.15) is 0 Å². The van der Waals surface area contributed by atoms with Gasteiger partial charge in [0.25, 0.3) is 5.92 Å². The number of nitrogens with one attached hydrogen (secondary N) is 1. The number of rotatable bonds is 7. The van der Waals surface area contributed by atoms with Crippen LogP contribution in [0.4, 0.5) is 23.7 Å². The Kier molecular flexibility index (Phi) is 7.69. The fourth-order valence-electron chi connectivity index (χ4n) is 3.92. The first-order chi connectivity index (χ1) is 14.4. The highest BCUT2D eigenvalue weighted by atomic mass is 19.3. The number of piperidine rings is 1. The Labute approximate surface area is 175 Å². The van der Waals surface area contributed by atoms with Gasteiger partial charge in [-0.2, -0.15) is 0 Å². The summed E-state index contributed by atoms with van der Waals surface area (Å²) in [6.07, 6.45) is 1.25. The maximum atomic E-state index is 14.4. The third-order valence-electron chi connectivity index (χ3n) is 5.84. The summed E-state index contributed by atoms with van der Waals surface area (Å²) in [5.41, 5.74) is 0.576. The number of hydrogen-bond acceptors (Lipinski definition) is 4. The Morgan fingerprint density at radius 3 is 2.47 bits per heavy atom. The average Bonchev–Trinajstić information content (AvgIpc) is 2.74. The predicted octanol–water partition coefficient (Wildman–Crippen LogP) is 3.18. The number of hydrogen-bond donors (Lipinski definition) is 1. The number of halogens is 3. The van der Waals surface area contributed by atoms with E-state index in [-0.39, 0.29) is 43.5 Å². The summed E-state index contributed by atoms with van der Waals surface area (Å²) in [6, 6.07) is 4.95. The molecule has 3 rings (SSSR count). The molecule has 2 aliphatic heterocycles. The molecule has 1 aromatic rings. The SMILES string of the molecule is COc1cccc(N2CCN(CCCCNC(=O)N3CCC(F)(F)CC3)CC2)c1F. The molecule has 0 bridgehead atoms. The lowest BCUT2D eigenvalue weighted by Gasteiger charge is -2.36. The highest BCUT2D eigenvalue weighted by Crippen LogP contribution is 2.28. The number of anilines is 1. The number of carbonyl (C=O) groups excluding carboxylic acids is 1. The van der Waals surface area contributed by atoms with E-state index in [1.54, 1.807) is 18.2 Å². The van der Waals surface area contributed by atoms with E-state index in [9.17, 15) is 18.0 Å². The highest BCUT2D eigenvalue weighted by molar-refractivity contribution is 5.74. The van der Waals surface area contributed by atoms with E-state index in [1.165, 1.54) is 12.0 Å². The van der Waals surface area contributed by atoms with Gasteiger partial charge in [-0.1, -0.05) is 6.07 Å². The zero-order valence-electron chi connectivity index (χ0n) is 17.5. The average molecular weight is 428 g/mol. The number of ether oxygens (including phenoxy) is 1. The monoisotopic (exact) mass is 428 g/mol. The molecule has 2 heterocycles. The van der Waals surface area contributed by atoms with Crippen LogP contribution in [0, 0.1) is 5.82 Å². The van der Waals surface area contributed by atoms with Gasteiger partial charge in [0.2, 0.25) is 0 Å². The van der Waals surface area contributed by atoms with Gasteiger partial charge in [0, 0.05) is 58.7 Å². The molecule has 168 valence electrons. The van der Waals surface area contributed by atoms with Crippen molar-refractivity contribution in [1.29, 1.82) is 0 Å². The first-order valence-corrected chi connectivity index (χ1v) is 10.6. The number of piperazine rings is 1. The second kappa shape index (κ2) is 10.2. The molecule has 2 aliphatic rings. The molecule has 2 saturated heterocycles. The van der Waals surface area contributed by atoms with Gasteiger partial charge in [0.15, 0.2) is 11.6 Å². The van der Waals surface area contributed by atoms with Gasteiger partial charge in [-0.15, -0.1) is 0 Å². The molecule has 1 N–H and O–H groups in total. The highest BCUT2D eigenvalue weighted by Gasteiger charge is 2.35. The van der Waals surface area contributed by atoms with Crippen molar-refractivity contribution in [2.45, 2.75) is 31.6 Å². The predicted molar refractivity (Wildman–Crippen MR) is 110 cm³/mol. The Hall–Kier alpha value is -2.16. The number of unbranched alkanes of at least 4 members (excludes halogenated alkanes) is 1. The lowest BCUT2D eigenvalue weighted by Crippen LogP contribution is -2.48. The van der Waals surface area contributed by atoms with Crippen LogP contribution in [0.3, 0.4) is 0 Å². The van der Waals surface area contributed by atoms with Gasteiger partial charge in [0.05, 0.1) is 12.8 Å². The molecule has 0 saturated carbocycles. The Bertz CT molecular complexity index is 701. The molecule has 30 heavy (non-hydrogen) atoms. The van der Waals surface area contributed by atoms with Crippen LogP contribution < -0.4 is 15.0 Å². The minimum atomic E-state index is -2.64. The molecule has 0 aliphatic carbocycles. The lowest BCUT2D eigenvalue weighted by atomic mass is 10.1. The van der Waals surface area contributed by atoms with E-state index in [0.717, 1.165) is 45.6 Å².